The average molecular weight is 449 g/mol. The van der Waals surface area contributed by atoms with Crippen LogP contribution in [0, 0.1) is 6.92 Å². The number of rotatable bonds is 7. The minimum absolute atomic E-state index is 0.0546. The second-order valence-corrected chi connectivity index (χ2v) is 7.55. The van der Waals surface area contributed by atoms with E-state index in [1.807, 2.05) is 25.1 Å². The molecule has 170 valence electrons. The molecule has 0 aliphatic carbocycles. The Labute approximate surface area is 189 Å². The molecule has 0 saturated carbocycles. The molecule has 9 nitrogen and oxygen atoms in total. The molecule has 3 aromatic rings. The van der Waals surface area contributed by atoms with Crippen molar-refractivity contribution < 1.29 is 28.6 Å². The normalized spacial score (nSPS) is 13.5. The molecule has 0 saturated heterocycles. The van der Waals surface area contributed by atoms with E-state index in [9.17, 15) is 19.5 Å². The zero-order chi connectivity index (χ0) is 23.5. The van der Waals surface area contributed by atoms with Gasteiger partial charge in [-0.2, -0.15) is 0 Å². The first kappa shape index (κ1) is 22.1. The fraction of sp³-hybridized carbons (Fsp3) is 0.208. The van der Waals surface area contributed by atoms with Crippen molar-refractivity contribution in [2.24, 2.45) is 0 Å². The number of anilines is 2. The van der Waals surface area contributed by atoms with Gasteiger partial charge in [0, 0.05) is 23.3 Å². The first-order valence-electron chi connectivity index (χ1n) is 10.3. The molecule has 1 aliphatic heterocycles. The summed E-state index contributed by atoms with van der Waals surface area (Å²) < 4.78 is 10.4. The number of aliphatic hydroxyl groups excluding tert-OH is 1. The molecule has 2 amide bonds. The number of methoxy groups -OCH3 is 1. The molecule has 0 radical (unpaired) electrons. The Balaban J connectivity index is 1.52. The molecule has 1 aliphatic rings. The van der Waals surface area contributed by atoms with Gasteiger partial charge in [0.05, 0.1) is 25.8 Å². The van der Waals surface area contributed by atoms with E-state index in [1.165, 1.54) is 12.0 Å². The van der Waals surface area contributed by atoms with Gasteiger partial charge in [-0.05, 0) is 42.8 Å². The Bertz CT molecular complexity index is 1240. The Morgan fingerprint density at radius 3 is 2.67 bits per heavy atom. The SMILES string of the molecule is COC(=O)C1=C(Nc2ccc(NC(=O)c3cc4ccccc4o3)c(C)c2)C(=O)N(CCO)C1. The Morgan fingerprint density at radius 1 is 1.18 bits per heavy atom. The molecule has 1 aromatic heterocycles. The van der Waals surface area contributed by atoms with Gasteiger partial charge in [-0.25, -0.2) is 4.79 Å². The molecule has 3 N–H and O–H groups in total. The highest BCUT2D eigenvalue weighted by molar-refractivity contribution is 6.09. The predicted octanol–water partition coefficient (Wildman–Crippen LogP) is 2.67. The number of hydrogen-bond donors (Lipinski definition) is 3. The molecule has 33 heavy (non-hydrogen) atoms. The Morgan fingerprint density at radius 2 is 1.97 bits per heavy atom. The van der Waals surface area contributed by atoms with Crippen molar-refractivity contribution in [1.82, 2.24) is 4.90 Å². The van der Waals surface area contributed by atoms with Crippen molar-refractivity contribution in [3.8, 4) is 0 Å². The number of nitrogens with one attached hydrogen (secondary N) is 2. The standard InChI is InChI=1S/C24H23N3O6/c1-14-11-16(25-21-17(24(31)32-2)13-27(9-10-28)23(21)30)7-8-18(14)26-22(29)20-12-15-5-3-4-6-19(15)33-20/h3-8,11-12,25,28H,9-10,13H2,1-2H3,(H,26,29). The van der Waals surface area contributed by atoms with E-state index in [1.54, 1.807) is 30.3 Å². The molecule has 0 atom stereocenters. The minimum Gasteiger partial charge on any atom is -0.466 e. The van der Waals surface area contributed by atoms with Gasteiger partial charge in [0.2, 0.25) is 0 Å². The van der Waals surface area contributed by atoms with Gasteiger partial charge < -0.3 is 29.8 Å². The highest BCUT2D eigenvalue weighted by Crippen LogP contribution is 2.26. The van der Waals surface area contributed by atoms with Crippen LogP contribution < -0.4 is 10.6 Å². The smallest absolute Gasteiger partial charge is 0.337 e. The van der Waals surface area contributed by atoms with Crippen molar-refractivity contribution >= 4 is 40.1 Å². The number of β-amino-alcohol motifs (C(OH)–C–C–N with tert-alkyl or cyclic N) is 1. The van der Waals surface area contributed by atoms with E-state index >= 15 is 0 Å². The van der Waals surface area contributed by atoms with Gasteiger partial charge in [-0.3, -0.25) is 9.59 Å². The summed E-state index contributed by atoms with van der Waals surface area (Å²) in [5.74, 6) is -1.19. The van der Waals surface area contributed by atoms with Crippen molar-refractivity contribution in [3.05, 3.63) is 71.1 Å². The molecule has 0 fully saturated rings. The average Bonchev–Trinajstić information content (AvgIpc) is 3.38. The Kier molecular flexibility index (Phi) is 6.14. The van der Waals surface area contributed by atoms with Gasteiger partial charge in [0.25, 0.3) is 11.8 Å². The molecule has 0 spiro atoms. The van der Waals surface area contributed by atoms with E-state index < -0.39 is 11.9 Å². The van der Waals surface area contributed by atoms with Gasteiger partial charge in [0.15, 0.2) is 5.76 Å². The summed E-state index contributed by atoms with van der Waals surface area (Å²) in [7, 11) is 1.25. The van der Waals surface area contributed by atoms with Crippen LogP contribution in [0.1, 0.15) is 16.1 Å². The third-order valence-corrected chi connectivity index (χ3v) is 5.35. The van der Waals surface area contributed by atoms with E-state index in [4.69, 9.17) is 9.15 Å². The van der Waals surface area contributed by atoms with Crippen LogP contribution in [0.15, 0.2) is 64.2 Å². The minimum atomic E-state index is -0.613. The number of nitrogens with zero attached hydrogens (tertiary/aromatic N) is 1. The number of benzene rings is 2. The second-order valence-electron chi connectivity index (χ2n) is 7.55. The second kappa shape index (κ2) is 9.17. The molecule has 2 heterocycles. The molecule has 4 rings (SSSR count). The summed E-state index contributed by atoms with van der Waals surface area (Å²) in [6, 6.07) is 14.2. The van der Waals surface area contributed by atoms with Gasteiger partial charge in [-0.1, -0.05) is 18.2 Å². The van der Waals surface area contributed by atoms with Gasteiger partial charge >= 0.3 is 5.97 Å². The number of amides is 2. The predicted molar refractivity (Wildman–Crippen MR) is 122 cm³/mol. The summed E-state index contributed by atoms with van der Waals surface area (Å²) in [4.78, 5) is 38.8. The van der Waals surface area contributed by atoms with Crippen LogP contribution in [0.4, 0.5) is 11.4 Å². The number of carbonyl (C=O) groups is 3. The maximum Gasteiger partial charge on any atom is 0.337 e. The highest BCUT2D eigenvalue weighted by Gasteiger charge is 2.34. The van der Waals surface area contributed by atoms with Crippen LogP contribution in [-0.4, -0.2) is 54.6 Å². The lowest BCUT2D eigenvalue weighted by Crippen LogP contribution is -2.31. The van der Waals surface area contributed by atoms with E-state index in [-0.39, 0.29) is 42.6 Å². The lowest BCUT2D eigenvalue weighted by atomic mass is 10.1. The number of aryl methyl sites for hydroxylation is 1. The first-order valence-corrected chi connectivity index (χ1v) is 10.3. The lowest BCUT2D eigenvalue weighted by molar-refractivity contribution is -0.136. The molecular formula is C24H23N3O6. The topological polar surface area (TPSA) is 121 Å². The largest absolute Gasteiger partial charge is 0.466 e. The molecular weight excluding hydrogens is 426 g/mol. The molecule has 0 bridgehead atoms. The Hall–Kier alpha value is -4.11. The van der Waals surface area contributed by atoms with Crippen LogP contribution >= 0.6 is 0 Å². The molecule has 9 heteroatoms. The molecule has 0 unspecified atom stereocenters. The third kappa shape index (κ3) is 4.44. The number of furan rings is 1. The number of hydrogen-bond acceptors (Lipinski definition) is 7. The summed E-state index contributed by atoms with van der Waals surface area (Å²) in [6.45, 7) is 1.76. The maximum atomic E-state index is 12.7. The summed E-state index contributed by atoms with van der Waals surface area (Å²) >= 11 is 0. The summed E-state index contributed by atoms with van der Waals surface area (Å²) in [5.41, 5.74) is 2.80. The fourth-order valence-corrected chi connectivity index (χ4v) is 3.65. The van der Waals surface area contributed by atoms with Crippen molar-refractivity contribution in [1.29, 1.82) is 0 Å². The monoisotopic (exact) mass is 449 g/mol. The number of para-hydroxylation sites is 1. The van der Waals surface area contributed by atoms with E-state index in [0.717, 1.165) is 10.9 Å². The number of ether oxygens (including phenoxy) is 1. The number of carbonyl (C=O) groups excluding carboxylic acids is 3. The number of esters is 1. The highest BCUT2D eigenvalue weighted by atomic mass is 16.5. The van der Waals surface area contributed by atoms with E-state index in [2.05, 4.69) is 10.6 Å². The van der Waals surface area contributed by atoms with Crippen LogP contribution in [0.3, 0.4) is 0 Å². The first-order chi connectivity index (χ1) is 15.9. The van der Waals surface area contributed by atoms with Crippen LogP contribution in [0.2, 0.25) is 0 Å². The zero-order valence-corrected chi connectivity index (χ0v) is 18.2. The van der Waals surface area contributed by atoms with Gasteiger partial charge in [0.1, 0.15) is 11.3 Å². The van der Waals surface area contributed by atoms with Crippen molar-refractivity contribution in [3.63, 3.8) is 0 Å². The van der Waals surface area contributed by atoms with Crippen LogP contribution in [0.25, 0.3) is 11.0 Å². The van der Waals surface area contributed by atoms with Crippen LogP contribution in [-0.2, 0) is 14.3 Å². The van der Waals surface area contributed by atoms with Crippen LogP contribution in [0.5, 0.6) is 0 Å². The van der Waals surface area contributed by atoms with E-state index in [0.29, 0.717) is 17.0 Å². The lowest BCUT2D eigenvalue weighted by Gasteiger charge is -2.15. The third-order valence-electron chi connectivity index (χ3n) is 5.35. The van der Waals surface area contributed by atoms with Crippen molar-refractivity contribution in [2.45, 2.75) is 6.92 Å². The number of fused-ring (bicyclic) bond motifs is 1. The molecule has 2 aromatic carbocycles. The van der Waals surface area contributed by atoms with Crippen molar-refractivity contribution in [2.75, 3.05) is 37.4 Å². The van der Waals surface area contributed by atoms with Gasteiger partial charge in [-0.15, -0.1) is 0 Å². The quantitative estimate of drug-likeness (QED) is 0.474. The maximum absolute atomic E-state index is 12.7. The number of aliphatic hydroxyl groups is 1. The summed E-state index contributed by atoms with van der Waals surface area (Å²) in [5, 5.41) is 15.8. The zero-order valence-electron chi connectivity index (χ0n) is 18.2. The summed E-state index contributed by atoms with van der Waals surface area (Å²) in [6.07, 6.45) is 0. The fourth-order valence-electron chi connectivity index (χ4n) is 3.65.